The average molecular weight is 429 g/mol. The molecule has 29 heavy (non-hydrogen) atoms. The number of carbonyl (C=O) groups is 1. The normalized spacial score (nSPS) is 19.8. The van der Waals surface area contributed by atoms with Crippen molar-refractivity contribution in [1.82, 2.24) is 0 Å². The molecule has 0 spiro atoms. The van der Waals surface area contributed by atoms with Crippen LogP contribution in [0.3, 0.4) is 0 Å². The molecule has 1 aliphatic rings. The Morgan fingerprint density at radius 3 is 2.14 bits per heavy atom. The Hall–Kier alpha value is -2.59. The maximum atomic E-state index is 12.6. The van der Waals surface area contributed by atoms with Crippen molar-refractivity contribution < 1.29 is 35.3 Å². The lowest BCUT2D eigenvalue weighted by molar-refractivity contribution is -0.135. The number of methoxy groups -OCH3 is 1. The second-order valence-electron chi connectivity index (χ2n) is 6.60. The van der Waals surface area contributed by atoms with Crippen LogP contribution in [0.2, 0.25) is 0 Å². The van der Waals surface area contributed by atoms with E-state index in [1.54, 1.807) is 48.5 Å². The van der Waals surface area contributed by atoms with E-state index < -0.39 is 40.1 Å². The Labute approximate surface area is 166 Å². The monoisotopic (exact) mass is 429 g/mol. The van der Waals surface area contributed by atoms with Crippen LogP contribution in [0, 0.1) is 6.92 Å². The molecule has 156 valence electrons. The maximum absolute atomic E-state index is 12.6. The zero-order valence-corrected chi connectivity index (χ0v) is 16.3. The molecule has 1 saturated heterocycles. The third-order valence-corrected chi connectivity index (χ3v) is 5.59. The SMILES string of the molecule is COc1ccc([C@@H]2[C@H](OS(=O)(=O)CC(F)(F)F)C(=O)N2c2ccc(C)cc2)cc1. The molecule has 3 rings (SSSR count). The minimum absolute atomic E-state index is 0.481. The van der Waals surface area contributed by atoms with Gasteiger partial charge < -0.3 is 4.74 Å². The minimum atomic E-state index is -5.00. The van der Waals surface area contributed by atoms with Gasteiger partial charge in [-0.1, -0.05) is 29.8 Å². The second-order valence-corrected chi connectivity index (χ2v) is 8.19. The summed E-state index contributed by atoms with van der Waals surface area (Å²) in [4.78, 5) is 13.9. The van der Waals surface area contributed by atoms with Gasteiger partial charge in [0.15, 0.2) is 11.9 Å². The van der Waals surface area contributed by atoms with Gasteiger partial charge in [0.25, 0.3) is 16.0 Å². The van der Waals surface area contributed by atoms with Gasteiger partial charge in [0, 0.05) is 5.69 Å². The van der Waals surface area contributed by atoms with E-state index in [1.807, 2.05) is 6.92 Å². The van der Waals surface area contributed by atoms with Gasteiger partial charge in [-0.2, -0.15) is 21.6 Å². The molecular weight excluding hydrogens is 411 g/mol. The van der Waals surface area contributed by atoms with E-state index >= 15 is 0 Å². The van der Waals surface area contributed by atoms with E-state index in [4.69, 9.17) is 8.92 Å². The zero-order chi connectivity index (χ0) is 21.4. The number of nitrogens with zero attached hydrogens (tertiary/aromatic N) is 1. The fourth-order valence-electron chi connectivity index (χ4n) is 3.07. The maximum Gasteiger partial charge on any atom is 0.405 e. The van der Waals surface area contributed by atoms with Crippen molar-refractivity contribution in [2.45, 2.75) is 25.2 Å². The summed E-state index contributed by atoms with van der Waals surface area (Å²) < 4.78 is 71.0. The molecule has 1 fully saturated rings. The average Bonchev–Trinajstić information content (AvgIpc) is 2.63. The Balaban J connectivity index is 1.94. The smallest absolute Gasteiger partial charge is 0.405 e. The predicted molar refractivity (Wildman–Crippen MR) is 99.1 cm³/mol. The number of halogens is 3. The quantitative estimate of drug-likeness (QED) is 0.520. The van der Waals surface area contributed by atoms with Crippen molar-refractivity contribution in [1.29, 1.82) is 0 Å². The molecule has 0 saturated carbocycles. The molecule has 6 nitrogen and oxygen atoms in total. The molecule has 0 aliphatic carbocycles. The van der Waals surface area contributed by atoms with Crippen molar-refractivity contribution >= 4 is 21.7 Å². The molecular formula is C19H18F3NO5S. The number of β-lactam (4-membered cyclic amide) rings is 1. The van der Waals surface area contributed by atoms with Crippen LogP contribution in [-0.4, -0.2) is 39.5 Å². The van der Waals surface area contributed by atoms with Gasteiger partial charge in [-0.25, -0.2) is 0 Å². The molecule has 0 bridgehead atoms. The first kappa shape index (κ1) is 21.1. The number of ether oxygens (including phenoxy) is 1. The predicted octanol–water partition coefficient (Wildman–Crippen LogP) is 3.37. The highest BCUT2D eigenvalue weighted by molar-refractivity contribution is 7.86. The summed E-state index contributed by atoms with van der Waals surface area (Å²) in [5.74, 6) is -2.37. The number of hydrogen-bond acceptors (Lipinski definition) is 5. The number of hydrogen-bond donors (Lipinski definition) is 0. The first-order chi connectivity index (χ1) is 13.5. The highest BCUT2D eigenvalue weighted by Crippen LogP contribution is 2.42. The molecule has 1 heterocycles. The number of benzene rings is 2. The standard InChI is InChI=1S/C19H18F3NO5S/c1-12-3-7-14(8-4-12)23-16(13-5-9-15(27-2)10-6-13)17(18(23)24)28-29(25,26)11-19(20,21)22/h3-10,16-17H,11H2,1-2H3/t16-,17+/m1/s1. The van der Waals surface area contributed by atoms with Crippen LogP contribution in [0.4, 0.5) is 18.9 Å². The van der Waals surface area contributed by atoms with E-state index in [0.29, 0.717) is 17.0 Å². The lowest BCUT2D eigenvalue weighted by Crippen LogP contribution is -2.61. The number of anilines is 1. The summed E-state index contributed by atoms with van der Waals surface area (Å²) in [7, 11) is -3.53. The van der Waals surface area contributed by atoms with Gasteiger partial charge in [-0.3, -0.25) is 13.9 Å². The summed E-state index contributed by atoms with van der Waals surface area (Å²) in [6.45, 7) is 1.86. The number of aryl methyl sites for hydroxylation is 1. The van der Waals surface area contributed by atoms with Crippen molar-refractivity contribution in [3.05, 3.63) is 59.7 Å². The lowest BCUT2D eigenvalue weighted by Gasteiger charge is -2.46. The topological polar surface area (TPSA) is 72.9 Å². The van der Waals surface area contributed by atoms with E-state index in [0.717, 1.165) is 5.56 Å². The highest BCUT2D eigenvalue weighted by Gasteiger charge is 2.53. The van der Waals surface area contributed by atoms with Crippen LogP contribution < -0.4 is 9.64 Å². The Morgan fingerprint density at radius 2 is 1.62 bits per heavy atom. The summed E-state index contributed by atoms with van der Waals surface area (Å²) in [5.41, 5.74) is 1.93. The Morgan fingerprint density at radius 1 is 1.03 bits per heavy atom. The van der Waals surface area contributed by atoms with Gasteiger partial charge in [0.2, 0.25) is 0 Å². The van der Waals surface area contributed by atoms with Crippen LogP contribution >= 0.6 is 0 Å². The lowest BCUT2D eigenvalue weighted by atomic mass is 9.90. The fourth-order valence-corrected chi connectivity index (χ4v) is 4.04. The van der Waals surface area contributed by atoms with Crippen LogP contribution in [0.1, 0.15) is 17.2 Å². The third-order valence-electron chi connectivity index (χ3n) is 4.41. The minimum Gasteiger partial charge on any atom is -0.497 e. The van der Waals surface area contributed by atoms with Gasteiger partial charge in [0.1, 0.15) is 5.75 Å². The summed E-state index contributed by atoms with van der Waals surface area (Å²) >= 11 is 0. The van der Waals surface area contributed by atoms with Crippen molar-refractivity contribution in [2.24, 2.45) is 0 Å². The molecule has 2 aromatic rings. The van der Waals surface area contributed by atoms with Crippen LogP contribution in [0.25, 0.3) is 0 Å². The van der Waals surface area contributed by atoms with Gasteiger partial charge >= 0.3 is 6.18 Å². The van der Waals surface area contributed by atoms with Crippen LogP contribution in [0.15, 0.2) is 48.5 Å². The molecule has 0 aromatic heterocycles. The van der Waals surface area contributed by atoms with Crippen molar-refractivity contribution in [3.63, 3.8) is 0 Å². The number of alkyl halides is 3. The third kappa shape index (κ3) is 4.70. The number of carbonyl (C=O) groups excluding carboxylic acids is 1. The Kier molecular flexibility index (Phi) is 5.59. The highest BCUT2D eigenvalue weighted by atomic mass is 32.2. The summed E-state index contributed by atoms with van der Waals surface area (Å²) in [6.07, 6.45) is -6.56. The zero-order valence-electron chi connectivity index (χ0n) is 15.5. The summed E-state index contributed by atoms with van der Waals surface area (Å²) in [6, 6.07) is 12.4. The van der Waals surface area contributed by atoms with Gasteiger partial charge in [0.05, 0.1) is 13.2 Å². The van der Waals surface area contributed by atoms with Gasteiger partial charge in [-0.05, 0) is 36.8 Å². The molecule has 1 amide bonds. The van der Waals surface area contributed by atoms with Crippen molar-refractivity contribution in [3.8, 4) is 5.75 Å². The first-order valence-electron chi connectivity index (χ1n) is 8.52. The second kappa shape index (κ2) is 7.68. The van der Waals surface area contributed by atoms with Crippen LogP contribution in [0.5, 0.6) is 5.75 Å². The molecule has 1 aliphatic heterocycles. The van der Waals surface area contributed by atoms with Gasteiger partial charge in [-0.15, -0.1) is 0 Å². The van der Waals surface area contributed by atoms with E-state index in [9.17, 15) is 26.4 Å². The van der Waals surface area contributed by atoms with Crippen LogP contribution in [-0.2, 0) is 19.1 Å². The Bertz CT molecular complexity index is 988. The first-order valence-corrected chi connectivity index (χ1v) is 10.1. The number of rotatable bonds is 6. The fraction of sp³-hybridized carbons (Fsp3) is 0.316. The molecule has 0 N–H and O–H groups in total. The number of amides is 1. The van der Waals surface area contributed by atoms with E-state index in [1.165, 1.54) is 12.0 Å². The molecule has 2 aromatic carbocycles. The molecule has 2 atom stereocenters. The molecule has 0 radical (unpaired) electrons. The van der Waals surface area contributed by atoms with E-state index in [-0.39, 0.29) is 0 Å². The van der Waals surface area contributed by atoms with E-state index in [2.05, 4.69) is 0 Å². The molecule has 0 unspecified atom stereocenters. The van der Waals surface area contributed by atoms with Crippen molar-refractivity contribution in [2.75, 3.05) is 17.8 Å². The molecule has 10 heteroatoms. The largest absolute Gasteiger partial charge is 0.497 e. The summed E-state index contributed by atoms with van der Waals surface area (Å²) in [5, 5.41) is 0.